The van der Waals surface area contributed by atoms with Crippen molar-refractivity contribution in [3.05, 3.63) is 41.6 Å². The molecule has 150 valence electrons. The van der Waals surface area contributed by atoms with Gasteiger partial charge in [0.15, 0.2) is 0 Å². The van der Waals surface area contributed by atoms with E-state index in [1.165, 1.54) is 36.8 Å². The molecule has 6 heteroatoms. The van der Waals surface area contributed by atoms with Crippen molar-refractivity contribution in [1.82, 2.24) is 14.3 Å². The maximum Gasteiger partial charge on any atom is 0.134 e. The van der Waals surface area contributed by atoms with Crippen molar-refractivity contribution >= 4 is 29.4 Å². The molecular formula is C22H31N5S. The second kappa shape index (κ2) is 8.70. The lowest BCUT2D eigenvalue weighted by Crippen LogP contribution is -2.29. The normalized spacial score (nSPS) is 21.2. The Morgan fingerprint density at radius 1 is 1.07 bits per heavy atom. The molecule has 5 nitrogen and oxygen atoms in total. The fourth-order valence-corrected chi connectivity index (χ4v) is 4.94. The molecule has 0 radical (unpaired) electrons. The van der Waals surface area contributed by atoms with Gasteiger partial charge < -0.3 is 10.2 Å². The largest absolute Gasteiger partial charge is 0.354 e. The highest BCUT2D eigenvalue weighted by atomic mass is 32.2. The lowest BCUT2D eigenvalue weighted by atomic mass is 9.90. The van der Waals surface area contributed by atoms with Crippen LogP contribution in [0.15, 0.2) is 30.5 Å². The van der Waals surface area contributed by atoms with E-state index in [0.717, 1.165) is 37.1 Å². The van der Waals surface area contributed by atoms with Crippen molar-refractivity contribution in [3.63, 3.8) is 0 Å². The van der Waals surface area contributed by atoms with Gasteiger partial charge in [0.1, 0.15) is 17.5 Å². The van der Waals surface area contributed by atoms with E-state index < -0.39 is 0 Å². The molecule has 0 amide bonds. The quantitative estimate of drug-likeness (QED) is 0.718. The van der Waals surface area contributed by atoms with Crippen LogP contribution in [-0.4, -0.2) is 46.2 Å². The molecule has 0 aromatic carbocycles. The minimum Gasteiger partial charge on any atom is -0.354 e. The smallest absolute Gasteiger partial charge is 0.134 e. The van der Waals surface area contributed by atoms with Crippen LogP contribution in [0.1, 0.15) is 49.7 Å². The van der Waals surface area contributed by atoms with Gasteiger partial charge in [0.05, 0.1) is 0 Å². The van der Waals surface area contributed by atoms with Crippen molar-refractivity contribution in [2.75, 3.05) is 36.1 Å². The van der Waals surface area contributed by atoms with Gasteiger partial charge in [-0.25, -0.2) is 9.97 Å². The van der Waals surface area contributed by atoms with Crippen LogP contribution in [0.2, 0.25) is 0 Å². The first-order valence-corrected chi connectivity index (χ1v) is 11.6. The molecule has 4 rings (SSSR count). The monoisotopic (exact) mass is 397 g/mol. The van der Waals surface area contributed by atoms with Crippen LogP contribution in [0.3, 0.4) is 0 Å². The average molecular weight is 398 g/mol. The molecule has 4 heterocycles. The second-order valence-electron chi connectivity index (χ2n) is 8.06. The molecule has 2 saturated heterocycles. The summed E-state index contributed by atoms with van der Waals surface area (Å²) in [7, 11) is 0. The third kappa shape index (κ3) is 4.44. The zero-order valence-corrected chi connectivity index (χ0v) is 18.0. The Morgan fingerprint density at radius 2 is 1.89 bits per heavy atom. The number of nitrogens with one attached hydrogen (secondary N) is 1. The van der Waals surface area contributed by atoms with Gasteiger partial charge in [-0.3, -0.25) is 4.31 Å². The Morgan fingerprint density at radius 3 is 2.57 bits per heavy atom. The molecule has 0 spiro atoms. The van der Waals surface area contributed by atoms with Gasteiger partial charge in [0, 0.05) is 31.9 Å². The zero-order valence-electron chi connectivity index (χ0n) is 17.2. The average Bonchev–Trinajstić information content (AvgIpc) is 3.14. The van der Waals surface area contributed by atoms with Crippen molar-refractivity contribution < 1.29 is 0 Å². The first-order valence-electron chi connectivity index (χ1n) is 10.4. The SMILES string of the molecule is CSN1CCC(c2cc(Nc3cc(C)ccn3)nc(N3CCCC3C)c2)CC1. The van der Waals surface area contributed by atoms with Gasteiger partial charge in [0.2, 0.25) is 0 Å². The summed E-state index contributed by atoms with van der Waals surface area (Å²) in [4.78, 5) is 11.9. The number of pyridine rings is 2. The van der Waals surface area contributed by atoms with E-state index in [9.17, 15) is 0 Å². The van der Waals surface area contributed by atoms with Gasteiger partial charge in [-0.1, -0.05) is 11.9 Å². The van der Waals surface area contributed by atoms with Crippen LogP contribution in [-0.2, 0) is 0 Å². The standard InChI is InChI=1S/C22H31N5S/c1-16-6-9-23-20(13-16)24-21-14-19(18-7-11-26(28-3)12-8-18)15-22(25-21)27-10-4-5-17(27)2/h6,9,13-15,17-18H,4-5,7-8,10-12H2,1-3H3,(H,23,24,25). The molecular weight excluding hydrogens is 366 g/mol. The lowest BCUT2D eigenvalue weighted by molar-refractivity contribution is 0.347. The fraction of sp³-hybridized carbons (Fsp3) is 0.545. The first kappa shape index (κ1) is 19.5. The Labute approximate surface area is 173 Å². The summed E-state index contributed by atoms with van der Waals surface area (Å²) in [5.41, 5.74) is 2.62. The Balaban J connectivity index is 1.63. The summed E-state index contributed by atoms with van der Waals surface area (Å²) < 4.78 is 2.47. The zero-order chi connectivity index (χ0) is 19.5. The molecule has 1 unspecified atom stereocenters. The van der Waals surface area contributed by atoms with Gasteiger partial charge in [0.25, 0.3) is 0 Å². The Kier molecular flexibility index (Phi) is 6.07. The van der Waals surface area contributed by atoms with Gasteiger partial charge in [-0.15, -0.1) is 0 Å². The van der Waals surface area contributed by atoms with Gasteiger partial charge in [-0.05, 0) is 87.1 Å². The first-order chi connectivity index (χ1) is 13.6. The summed E-state index contributed by atoms with van der Waals surface area (Å²) in [5.74, 6) is 3.50. The van der Waals surface area contributed by atoms with E-state index in [1.807, 2.05) is 24.2 Å². The van der Waals surface area contributed by atoms with Gasteiger partial charge in [-0.2, -0.15) is 0 Å². The topological polar surface area (TPSA) is 44.3 Å². The number of rotatable bonds is 5. The fourth-order valence-electron chi connectivity index (χ4n) is 4.36. The maximum absolute atomic E-state index is 4.98. The molecule has 0 bridgehead atoms. The van der Waals surface area contributed by atoms with Crippen LogP contribution >= 0.6 is 11.9 Å². The lowest BCUT2D eigenvalue weighted by Gasteiger charge is -2.31. The summed E-state index contributed by atoms with van der Waals surface area (Å²) in [5, 5.41) is 3.46. The molecule has 28 heavy (non-hydrogen) atoms. The Hall–Kier alpha value is -1.79. The van der Waals surface area contributed by atoms with Crippen molar-refractivity contribution in [2.45, 2.75) is 51.5 Å². The Bertz CT molecular complexity index is 803. The van der Waals surface area contributed by atoms with Crippen LogP contribution < -0.4 is 10.2 Å². The van der Waals surface area contributed by atoms with Crippen LogP contribution in [0.4, 0.5) is 17.5 Å². The van der Waals surface area contributed by atoms with E-state index in [4.69, 9.17) is 4.98 Å². The number of hydrogen-bond donors (Lipinski definition) is 1. The van der Waals surface area contributed by atoms with E-state index in [1.54, 1.807) is 0 Å². The number of nitrogens with zero attached hydrogens (tertiary/aromatic N) is 4. The summed E-state index contributed by atoms with van der Waals surface area (Å²) in [6.07, 6.45) is 8.95. The molecule has 2 aromatic heterocycles. The number of anilines is 3. The highest BCUT2D eigenvalue weighted by Crippen LogP contribution is 2.35. The number of aromatic nitrogens is 2. The molecule has 0 aliphatic carbocycles. The predicted molar refractivity (Wildman–Crippen MR) is 120 cm³/mol. The third-order valence-corrected chi connectivity index (χ3v) is 6.92. The van der Waals surface area contributed by atoms with Crippen LogP contribution in [0.25, 0.3) is 0 Å². The van der Waals surface area contributed by atoms with E-state index in [0.29, 0.717) is 12.0 Å². The molecule has 1 N–H and O–H groups in total. The van der Waals surface area contributed by atoms with E-state index in [2.05, 4.69) is 57.8 Å². The summed E-state index contributed by atoms with van der Waals surface area (Å²) in [6, 6.07) is 9.24. The van der Waals surface area contributed by atoms with Crippen molar-refractivity contribution in [2.24, 2.45) is 0 Å². The number of piperidine rings is 1. The molecule has 1 atom stereocenters. The van der Waals surface area contributed by atoms with Crippen molar-refractivity contribution in [1.29, 1.82) is 0 Å². The minimum absolute atomic E-state index is 0.561. The van der Waals surface area contributed by atoms with E-state index in [-0.39, 0.29) is 0 Å². The summed E-state index contributed by atoms with van der Waals surface area (Å²) in [6.45, 7) is 7.82. The minimum atomic E-state index is 0.561. The predicted octanol–water partition coefficient (Wildman–Crippen LogP) is 4.97. The van der Waals surface area contributed by atoms with E-state index >= 15 is 0 Å². The highest BCUT2D eigenvalue weighted by molar-refractivity contribution is 7.96. The molecule has 2 fully saturated rings. The second-order valence-corrected chi connectivity index (χ2v) is 8.94. The number of hydrogen-bond acceptors (Lipinski definition) is 6. The maximum atomic E-state index is 4.98. The molecule has 0 saturated carbocycles. The molecule has 2 aliphatic heterocycles. The molecule has 2 aliphatic rings. The summed E-state index contributed by atoms with van der Waals surface area (Å²) >= 11 is 1.87. The van der Waals surface area contributed by atoms with Crippen LogP contribution in [0.5, 0.6) is 0 Å². The van der Waals surface area contributed by atoms with Crippen LogP contribution in [0, 0.1) is 6.92 Å². The number of aryl methyl sites for hydroxylation is 1. The third-order valence-electron chi connectivity index (χ3n) is 6.04. The van der Waals surface area contributed by atoms with Gasteiger partial charge >= 0.3 is 0 Å². The van der Waals surface area contributed by atoms with Crippen molar-refractivity contribution in [3.8, 4) is 0 Å². The molecule has 2 aromatic rings. The highest BCUT2D eigenvalue weighted by Gasteiger charge is 2.25.